The number of halogens is 2. The van der Waals surface area contributed by atoms with Crippen LogP contribution in [0.2, 0.25) is 10.0 Å². The molecule has 0 unspecified atom stereocenters. The minimum absolute atomic E-state index is 0.345. The summed E-state index contributed by atoms with van der Waals surface area (Å²) in [6, 6.07) is 12.4. The van der Waals surface area contributed by atoms with Gasteiger partial charge in [0, 0.05) is 16.0 Å². The first-order chi connectivity index (χ1) is 12.0. The van der Waals surface area contributed by atoms with Crippen LogP contribution in [0.4, 0.5) is 5.69 Å². The van der Waals surface area contributed by atoms with Crippen molar-refractivity contribution < 1.29 is 14.3 Å². The molecule has 4 nitrogen and oxygen atoms in total. The van der Waals surface area contributed by atoms with E-state index in [4.69, 9.17) is 27.9 Å². The Balaban J connectivity index is 1.83. The molecule has 0 aromatic heterocycles. The van der Waals surface area contributed by atoms with E-state index in [1.54, 1.807) is 30.0 Å². The zero-order valence-corrected chi connectivity index (χ0v) is 15.6. The molecule has 7 heteroatoms. The SMILES string of the molecule is CSc1ccc(/C=C/C(=O)OCC(=O)Nc2cc(Cl)ccc2Cl)cc1. The number of esters is 1. The van der Waals surface area contributed by atoms with E-state index in [9.17, 15) is 9.59 Å². The van der Waals surface area contributed by atoms with Crippen LogP contribution in [0.1, 0.15) is 5.56 Å². The topological polar surface area (TPSA) is 55.4 Å². The van der Waals surface area contributed by atoms with Crippen molar-refractivity contribution in [3.63, 3.8) is 0 Å². The Bertz CT molecular complexity index is 791. The summed E-state index contributed by atoms with van der Waals surface area (Å²) in [5.74, 6) is -1.11. The number of carbonyl (C=O) groups is 2. The summed E-state index contributed by atoms with van der Waals surface area (Å²) in [5, 5.41) is 3.32. The van der Waals surface area contributed by atoms with Gasteiger partial charge in [-0.25, -0.2) is 4.79 Å². The van der Waals surface area contributed by atoms with Crippen LogP contribution >= 0.6 is 35.0 Å². The molecule has 1 N–H and O–H groups in total. The molecule has 0 spiro atoms. The van der Waals surface area contributed by atoms with Crippen molar-refractivity contribution in [2.24, 2.45) is 0 Å². The van der Waals surface area contributed by atoms with E-state index >= 15 is 0 Å². The number of thioether (sulfide) groups is 1. The maximum Gasteiger partial charge on any atom is 0.331 e. The molecule has 0 atom stereocenters. The quantitative estimate of drug-likeness (QED) is 0.428. The Labute approximate surface area is 160 Å². The van der Waals surface area contributed by atoms with Crippen molar-refractivity contribution in [2.45, 2.75) is 4.90 Å². The zero-order valence-electron chi connectivity index (χ0n) is 13.3. The van der Waals surface area contributed by atoms with Gasteiger partial charge in [-0.05, 0) is 48.2 Å². The lowest BCUT2D eigenvalue weighted by molar-refractivity contribution is -0.142. The number of anilines is 1. The van der Waals surface area contributed by atoms with Crippen LogP contribution in [-0.2, 0) is 14.3 Å². The lowest BCUT2D eigenvalue weighted by atomic mass is 10.2. The molecule has 25 heavy (non-hydrogen) atoms. The molecule has 2 aromatic rings. The van der Waals surface area contributed by atoms with Gasteiger partial charge in [-0.15, -0.1) is 11.8 Å². The smallest absolute Gasteiger partial charge is 0.331 e. The Kier molecular flexibility index (Phi) is 7.37. The normalized spacial score (nSPS) is 10.7. The molecule has 2 rings (SSSR count). The molecule has 1 amide bonds. The van der Waals surface area contributed by atoms with Crippen molar-refractivity contribution >= 4 is 58.6 Å². The fourth-order valence-electron chi connectivity index (χ4n) is 1.84. The van der Waals surface area contributed by atoms with Crippen LogP contribution in [0, 0.1) is 0 Å². The molecule has 2 aromatic carbocycles. The molecular weight excluding hydrogens is 381 g/mol. The molecular formula is C18H15Cl2NO3S. The number of ether oxygens (including phenoxy) is 1. The van der Waals surface area contributed by atoms with E-state index < -0.39 is 18.5 Å². The summed E-state index contributed by atoms with van der Waals surface area (Å²) in [7, 11) is 0. The predicted octanol–water partition coefficient (Wildman–Crippen LogP) is 4.91. The fraction of sp³-hybridized carbons (Fsp3) is 0.111. The number of nitrogens with one attached hydrogen (secondary N) is 1. The molecule has 0 saturated heterocycles. The van der Waals surface area contributed by atoms with Gasteiger partial charge >= 0.3 is 5.97 Å². The second kappa shape index (κ2) is 9.51. The van der Waals surface area contributed by atoms with Gasteiger partial charge in [0.15, 0.2) is 6.61 Å². The van der Waals surface area contributed by atoms with Crippen molar-refractivity contribution in [1.82, 2.24) is 0 Å². The second-order valence-electron chi connectivity index (χ2n) is 4.89. The van der Waals surface area contributed by atoms with Crippen LogP contribution in [0.25, 0.3) is 6.08 Å². The third kappa shape index (κ3) is 6.46. The van der Waals surface area contributed by atoms with Gasteiger partial charge in [-0.1, -0.05) is 35.3 Å². The van der Waals surface area contributed by atoms with Crippen LogP contribution in [0.15, 0.2) is 53.4 Å². The molecule has 0 aliphatic rings. The highest BCUT2D eigenvalue weighted by Crippen LogP contribution is 2.25. The first kappa shape index (κ1) is 19.4. The van der Waals surface area contributed by atoms with Gasteiger partial charge in [0.1, 0.15) is 0 Å². The van der Waals surface area contributed by atoms with Crippen molar-refractivity contribution in [3.05, 3.63) is 64.1 Å². The lowest BCUT2D eigenvalue weighted by Gasteiger charge is -2.07. The third-order valence-electron chi connectivity index (χ3n) is 3.08. The minimum atomic E-state index is -0.610. The molecule has 0 radical (unpaired) electrons. The van der Waals surface area contributed by atoms with Crippen molar-refractivity contribution in [3.8, 4) is 0 Å². The van der Waals surface area contributed by atoms with Crippen LogP contribution < -0.4 is 5.32 Å². The largest absolute Gasteiger partial charge is 0.452 e. The van der Waals surface area contributed by atoms with Gasteiger partial charge in [-0.2, -0.15) is 0 Å². The Morgan fingerprint density at radius 2 is 1.88 bits per heavy atom. The average Bonchev–Trinajstić information content (AvgIpc) is 2.61. The molecule has 0 aliphatic carbocycles. The Morgan fingerprint density at radius 3 is 2.56 bits per heavy atom. The second-order valence-corrected chi connectivity index (χ2v) is 6.61. The number of benzene rings is 2. The lowest BCUT2D eigenvalue weighted by Crippen LogP contribution is -2.20. The van der Waals surface area contributed by atoms with Crippen molar-refractivity contribution in [2.75, 3.05) is 18.2 Å². The predicted molar refractivity (Wildman–Crippen MR) is 103 cm³/mol. The van der Waals surface area contributed by atoms with E-state index in [1.165, 1.54) is 12.1 Å². The highest BCUT2D eigenvalue weighted by molar-refractivity contribution is 7.98. The number of hydrogen-bond acceptors (Lipinski definition) is 4. The van der Waals surface area contributed by atoms with Crippen molar-refractivity contribution in [1.29, 1.82) is 0 Å². The zero-order chi connectivity index (χ0) is 18.2. The summed E-state index contributed by atoms with van der Waals surface area (Å²) in [6.07, 6.45) is 4.88. The third-order valence-corrected chi connectivity index (χ3v) is 4.38. The Hall–Kier alpha value is -1.95. The first-order valence-electron chi connectivity index (χ1n) is 7.22. The van der Waals surface area contributed by atoms with Crippen LogP contribution in [0.3, 0.4) is 0 Å². The monoisotopic (exact) mass is 395 g/mol. The van der Waals surface area contributed by atoms with E-state index in [0.717, 1.165) is 10.5 Å². The average molecular weight is 396 g/mol. The van der Waals surface area contributed by atoms with Crippen LogP contribution in [0.5, 0.6) is 0 Å². The molecule has 0 saturated carbocycles. The fourth-order valence-corrected chi connectivity index (χ4v) is 2.59. The van der Waals surface area contributed by atoms with Gasteiger partial charge in [0.2, 0.25) is 0 Å². The van der Waals surface area contributed by atoms with Gasteiger partial charge in [-0.3, -0.25) is 4.79 Å². The standard InChI is InChI=1S/C18H15Cl2NO3S/c1-25-14-6-2-12(3-7-14)4-9-18(23)24-11-17(22)21-16-10-13(19)5-8-15(16)20/h2-10H,11H2,1H3,(H,21,22)/b9-4+. The molecule has 0 aliphatic heterocycles. The molecule has 130 valence electrons. The summed E-state index contributed by atoms with van der Waals surface area (Å²) in [5.41, 5.74) is 1.23. The number of rotatable bonds is 6. The molecule has 0 heterocycles. The van der Waals surface area contributed by atoms with Gasteiger partial charge in [0.25, 0.3) is 5.91 Å². The molecule has 0 bridgehead atoms. The minimum Gasteiger partial charge on any atom is -0.452 e. The highest BCUT2D eigenvalue weighted by atomic mass is 35.5. The van der Waals surface area contributed by atoms with E-state index in [1.807, 2.05) is 30.5 Å². The van der Waals surface area contributed by atoms with Gasteiger partial charge < -0.3 is 10.1 Å². The van der Waals surface area contributed by atoms with Gasteiger partial charge in [0.05, 0.1) is 10.7 Å². The summed E-state index contributed by atoms with van der Waals surface area (Å²) < 4.78 is 4.89. The Morgan fingerprint density at radius 1 is 1.16 bits per heavy atom. The van der Waals surface area contributed by atoms with E-state index in [0.29, 0.717) is 15.7 Å². The van der Waals surface area contributed by atoms with E-state index in [-0.39, 0.29) is 0 Å². The van der Waals surface area contributed by atoms with E-state index in [2.05, 4.69) is 5.32 Å². The van der Waals surface area contributed by atoms with Crippen LogP contribution in [-0.4, -0.2) is 24.7 Å². The molecule has 0 fully saturated rings. The maximum absolute atomic E-state index is 11.8. The summed E-state index contributed by atoms with van der Waals surface area (Å²) >= 11 is 13.4. The number of amides is 1. The maximum atomic E-state index is 11.8. The summed E-state index contributed by atoms with van der Waals surface area (Å²) in [4.78, 5) is 24.6. The first-order valence-corrected chi connectivity index (χ1v) is 9.20. The summed E-state index contributed by atoms with van der Waals surface area (Å²) in [6.45, 7) is -0.419. The number of hydrogen-bond donors (Lipinski definition) is 1. The highest BCUT2D eigenvalue weighted by Gasteiger charge is 2.08. The number of carbonyl (C=O) groups excluding carboxylic acids is 2.